The molecule has 0 unspecified atom stereocenters. The number of rotatable bonds is 1. The molecule has 2 heterocycles. The number of aromatic nitrogens is 1. The Kier molecular flexibility index (Phi) is 9.06. The van der Waals surface area contributed by atoms with Gasteiger partial charge in [-0.15, -0.1) is 10.6 Å². The van der Waals surface area contributed by atoms with E-state index in [9.17, 15) is 9.90 Å². The summed E-state index contributed by atoms with van der Waals surface area (Å²) in [7, 11) is 3.62. The molecule has 1 aromatic carbocycles. The number of anilines is 2. The van der Waals surface area contributed by atoms with E-state index in [2.05, 4.69) is 32.2 Å². The predicted octanol–water partition coefficient (Wildman–Crippen LogP) is 5.01. The predicted molar refractivity (Wildman–Crippen MR) is 125 cm³/mol. The first-order valence-corrected chi connectivity index (χ1v) is 10.4. The fraction of sp³-hybridized carbons (Fsp3) is 0.435. The molecule has 1 radical (unpaired) electrons. The molecule has 7 heteroatoms. The quantitative estimate of drug-likeness (QED) is 0.327. The number of nitrogen functional groups attached to an aromatic ring is 1. The van der Waals surface area contributed by atoms with Gasteiger partial charge in [-0.1, -0.05) is 59.1 Å². The summed E-state index contributed by atoms with van der Waals surface area (Å²) < 4.78 is 1.59. The first-order chi connectivity index (χ1) is 13.3. The molecule has 5 nitrogen and oxygen atoms in total. The number of pyridine rings is 1. The standard InChI is InChI=1S/C14H17NO2.C9H15N2S.Ac/c1-14(2,3)11-12(16)9-7-5-6-8-10(9)15(4)13(11)17;1-9(2,3)8-6(10)5-7(11-4)12-8;/h5-8,16H,1-4H3;11H,10H2,1-4H3;/q;-1;. The minimum absolute atomic E-state index is 0. The molecule has 0 aliphatic rings. The van der Waals surface area contributed by atoms with E-state index < -0.39 is 0 Å². The number of nitrogens with two attached hydrogens (primary N) is 1. The second-order valence-electron chi connectivity index (χ2n) is 9.15. The van der Waals surface area contributed by atoms with Crippen LogP contribution in [0.2, 0.25) is 0 Å². The third kappa shape index (κ3) is 5.81. The number of nitrogens with one attached hydrogen (secondary N) is 1. The van der Waals surface area contributed by atoms with Crippen molar-refractivity contribution in [2.75, 3.05) is 18.1 Å². The van der Waals surface area contributed by atoms with Crippen LogP contribution in [0.4, 0.5) is 10.7 Å². The molecule has 4 N–H and O–H groups in total. The van der Waals surface area contributed by atoms with Crippen molar-refractivity contribution in [3.05, 3.63) is 51.1 Å². The molecule has 0 amide bonds. The summed E-state index contributed by atoms with van der Waals surface area (Å²) in [5, 5.41) is 15.1. The fourth-order valence-electron chi connectivity index (χ4n) is 3.19. The Hall–Kier alpha value is -1.03. The number of para-hydroxylation sites is 1. The number of nitrogens with zero attached hydrogens (tertiary/aromatic N) is 1. The molecule has 0 atom stereocenters. The third-order valence-electron chi connectivity index (χ3n) is 4.63. The molecular formula is C23H32AcN3O2S-. The monoisotopic (exact) mass is 641 g/mol. The number of aryl methyl sites for hydroxylation is 1. The Morgan fingerprint density at radius 1 is 1.10 bits per heavy atom. The zero-order valence-electron chi connectivity index (χ0n) is 19.2. The molecule has 30 heavy (non-hydrogen) atoms. The molecule has 3 rings (SSSR count). The zero-order valence-corrected chi connectivity index (χ0v) is 24.7. The maximum atomic E-state index is 12.3. The van der Waals surface area contributed by atoms with Crippen molar-refractivity contribution in [1.82, 2.24) is 4.57 Å². The number of benzene rings is 1. The van der Waals surface area contributed by atoms with Crippen LogP contribution in [-0.2, 0) is 17.9 Å². The van der Waals surface area contributed by atoms with Gasteiger partial charge >= 0.3 is 0 Å². The van der Waals surface area contributed by atoms with E-state index in [1.165, 1.54) is 4.88 Å². The van der Waals surface area contributed by atoms with Gasteiger partial charge in [0.15, 0.2) is 0 Å². The fourth-order valence-corrected chi connectivity index (χ4v) is 4.12. The van der Waals surface area contributed by atoms with Crippen molar-refractivity contribution in [2.45, 2.75) is 52.4 Å². The normalized spacial score (nSPS) is 11.5. The van der Waals surface area contributed by atoms with E-state index in [4.69, 9.17) is 5.73 Å². The van der Waals surface area contributed by atoms with Crippen LogP contribution in [0.1, 0.15) is 52.0 Å². The number of thiophene rings is 1. The van der Waals surface area contributed by atoms with Gasteiger partial charge in [0.05, 0.1) is 11.1 Å². The van der Waals surface area contributed by atoms with Crippen LogP contribution in [0.3, 0.4) is 0 Å². The SMILES string of the molecule is CNc1[c-]c(N)c(C(C)(C)C)s1.Cn1c(=O)c(C(C)(C)C)c(O)c2ccccc21.[Ac]. The van der Waals surface area contributed by atoms with E-state index >= 15 is 0 Å². The Morgan fingerprint density at radius 3 is 2.10 bits per heavy atom. The van der Waals surface area contributed by atoms with Gasteiger partial charge in [-0.05, 0) is 22.5 Å². The Balaban J connectivity index is 0.000000308. The van der Waals surface area contributed by atoms with Crippen LogP contribution in [-0.4, -0.2) is 16.7 Å². The summed E-state index contributed by atoms with van der Waals surface area (Å²) >= 11 is 1.67. The number of hydrogen-bond donors (Lipinski definition) is 3. The Morgan fingerprint density at radius 2 is 1.67 bits per heavy atom. The van der Waals surface area contributed by atoms with Crippen LogP contribution < -0.4 is 16.6 Å². The molecule has 0 aliphatic heterocycles. The summed E-state index contributed by atoms with van der Waals surface area (Å²) in [5.41, 5.74) is 7.44. The molecule has 0 aliphatic carbocycles. The molecule has 0 spiro atoms. The number of aromatic hydroxyl groups is 1. The summed E-state index contributed by atoms with van der Waals surface area (Å²) in [4.78, 5) is 13.5. The average molecular weight is 642 g/mol. The van der Waals surface area contributed by atoms with E-state index in [1.54, 1.807) is 23.0 Å². The second-order valence-corrected chi connectivity index (χ2v) is 10.2. The van der Waals surface area contributed by atoms with Gasteiger partial charge in [-0.2, -0.15) is 6.07 Å². The van der Waals surface area contributed by atoms with Gasteiger partial charge in [0, 0.05) is 63.5 Å². The molecule has 0 saturated heterocycles. The van der Waals surface area contributed by atoms with Crippen molar-refractivity contribution < 1.29 is 49.2 Å². The summed E-state index contributed by atoms with van der Waals surface area (Å²) in [5.74, 6) is 0.108. The second kappa shape index (κ2) is 10.1. The van der Waals surface area contributed by atoms with Gasteiger partial charge in [-0.3, -0.25) is 4.79 Å². The van der Waals surface area contributed by atoms with E-state index in [1.807, 2.05) is 52.1 Å². The van der Waals surface area contributed by atoms with Crippen molar-refractivity contribution >= 4 is 32.9 Å². The van der Waals surface area contributed by atoms with Gasteiger partial charge in [0.1, 0.15) is 5.75 Å². The van der Waals surface area contributed by atoms with Crippen LogP contribution in [0.15, 0.2) is 29.1 Å². The maximum absolute atomic E-state index is 12.3. The van der Waals surface area contributed by atoms with Crippen molar-refractivity contribution in [3.8, 4) is 5.75 Å². The number of hydrogen-bond acceptors (Lipinski definition) is 5. The van der Waals surface area contributed by atoms with Crippen LogP contribution in [0.5, 0.6) is 5.75 Å². The van der Waals surface area contributed by atoms with E-state index in [0.717, 1.165) is 21.6 Å². The van der Waals surface area contributed by atoms with Gasteiger partial charge in [-0.25, -0.2) is 11.3 Å². The van der Waals surface area contributed by atoms with Crippen LogP contribution in [0, 0.1) is 50.1 Å². The van der Waals surface area contributed by atoms with E-state index in [0.29, 0.717) is 5.56 Å². The van der Waals surface area contributed by atoms with Crippen LogP contribution >= 0.6 is 11.3 Å². The van der Waals surface area contributed by atoms with Gasteiger partial charge < -0.3 is 20.7 Å². The summed E-state index contributed by atoms with van der Waals surface area (Å²) in [6.45, 7) is 12.3. The summed E-state index contributed by atoms with van der Waals surface area (Å²) in [6, 6.07) is 10.5. The minimum Gasteiger partial charge on any atom is -0.507 e. The van der Waals surface area contributed by atoms with Crippen molar-refractivity contribution in [3.63, 3.8) is 0 Å². The molecule has 0 fully saturated rings. The molecule has 0 saturated carbocycles. The Labute approximate surface area is 219 Å². The first kappa shape index (κ1) is 27.0. The largest absolute Gasteiger partial charge is 0.507 e. The van der Waals surface area contributed by atoms with Crippen molar-refractivity contribution in [2.24, 2.45) is 7.05 Å². The molecule has 2 aromatic heterocycles. The molecule has 161 valence electrons. The molecular weight excluding hydrogens is 609 g/mol. The van der Waals surface area contributed by atoms with Crippen molar-refractivity contribution in [1.29, 1.82) is 0 Å². The molecule has 0 bridgehead atoms. The Bertz CT molecular complexity index is 1070. The van der Waals surface area contributed by atoms with E-state index in [-0.39, 0.29) is 66.2 Å². The third-order valence-corrected chi connectivity index (χ3v) is 6.18. The van der Waals surface area contributed by atoms with Gasteiger partial charge in [0.2, 0.25) is 0 Å². The zero-order chi connectivity index (χ0) is 22.1. The van der Waals surface area contributed by atoms with Crippen LogP contribution in [0.25, 0.3) is 10.9 Å². The van der Waals surface area contributed by atoms with Gasteiger partial charge in [0.25, 0.3) is 5.56 Å². The molecule has 3 aromatic rings. The maximum Gasteiger partial charge on any atom is 0.258 e. The average Bonchev–Trinajstić information content (AvgIpc) is 3.01. The summed E-state index contributed by atoms with van der Waals surface area (Å²) in [6.07, 6.45) is 0. The minimum atomic E-state index is -0.372. The number of fused-ring (bicyclic) bond motifs is 1. The topological polar surface area (TPSA) is 80.3 Å². The first-order valence-electron chi connectivity index (χ1n) is 9.60. The smallest absolute Gasteiger partial charge is 0.258 e.